The number of anilines is 1. The zero-order chi connectivity index (χ0) is 14.8. The van der Waals surface area contributed by atoms with E-state index in [-0.39, 0.29) is 0 Å². The predicted octanol–water partition coefficient (Wildman–Crippen LogP) is 3.46. The van der Waals surface area contributed by atoms with Crippen LogP contribution in [-0.2, 0) is 10.3 Å². The van der Waals surface area contributed by atoms with Crippen LogP contribution in [-0.4, -0.2) is 5.91 Å². The standard InChI is InChI=1S/C16H17ClN2O/c1-11-6-3-4-9-14(11)19-16(2,15(18)20)12-7-5-8-13(17)10-12/h3-10,19H,1-2H3,(H2,18,20). The third kappa shape index (κ3) is 2.78. The van der Waals surface area contributed by atoms with Crippen LogP contribution in [0.2, 0.25) is 5.02 Å². The fraction of sp³-hybridized carbons (Fsp3) is 0.188. The number of primary amides is 1. The Labute approximate surface area is 123 Å². The SMILES string of the molecule is Cc1ccccc1NC(C)(C(N)=O)c1cccc(Cl)c1. The molecule has 1 amide bonds. The second kappa shape index (κ2) is 5.55. The Bertz CT molecular complexity index is 642. The molecule has 0 aliphatic carbocycles. The van der Waals surface area contributed by atoms with E-state index in [0.29, 0.717) is 5.02 Å². The van der Waals surface area contributed by atoms with Crippen molar-refractivity contribution >= 4 is 23.2 Å². The van der Waals surface area contributed by atoms with Gasteiger partial charge in [0.15, 0.2) is 0 Å². The number of nitrogens with two attached hydrogens (primary N) is 1. The van der Waals surface area contributed by atoms with E-state index in [0.717, 1.165) is 16.8 Å². The van der Waals surface area contributed by atoms with Crippen molar-refractivity contribution in [2.24, 2.45) is 5.73 Å². The molecule has 104 valence electrons. The predicted molar refractivity (Wildman–Crippen MR) is 82.8 cm³/mol. The summed E-state index contributed by atoms with van der Waals surface area (Å²) in [5, 5.41) is 3.80. The summed E-state index contributed by atoms with van der Waals surface area (Å²) >= 11 is 6.01. The highest BCUT2D eigenvalue weighted by Gasteiger charge is 2.33. The van der Waals surface area contributed by atoms with E-state index in [1.807, 2.05) is 37.3 Å². The first kappa shape index (κ1) is 14.4. The smallest absolute Gasteiger partial charge is 0.247 e. The summed E-state index contributed by atoms with van der Waals surface area (Å²) in [4.78, 5) is 12.0. The summed E-state index contributed by atoms with van der Waals surface area (Å²) in [6.07, 6.45) is 0. The topological polar surface area (TPSA) is 55.1 Å². The van der Waals surface area contributed by atoms with Gasteiger partial charge in [-0.15, -0.1) is 0 Å². The zero-order valence-electron chi connectivity index (χ0n) is 11.5. The van der Waals surface area contributed by atoms with E-state index >= 15 is 0 Å². The number of benzene rings is 2. The molecule has 2 rings (SSSR count). The molecular formula is C16H17ClN2O. The monoisotopic (exact) mass is 288 g/mol. The first-order chi connectivity index (χ1) is 9.43. The van der Waals surface area contributed by atoms with Crippen LogP contribution < -0.4 is 11.1 Å². The van der Waals surface area contributed by atoms with Gasteiger partial charge >= 0.3 is 0 Å². The van der Waals surface area contributed by atoms with E-state index < -0.39 is 11.4 Å². The minimum absolute atomic E-state index is 0.456. The van der Waals surface area contributed by atoms with E-state index in [1.165, 1.54) is 0 Å². The Hall–Kier alpha value is -2.00. The first-order valence-electron chi connectivity index (χ1n) is 6.33. The van der Waals surface area contributed by atoms with Gasteiger partial charge in [-0.3, -0.25) is 4.79 Å². The van der Waals surface area contributed by atoms with Crippen LogP contribution in [0.4, 0.5) is 5.69 Å². The van der Waals surface area contributed by atoms with Crippen LogP contribution in [0.15, 0.2) is 48.5 Å². The summed E-state index contributed by atoms with van der Waals surface area (Å²) in [6, 6.07) is 14.9. The minimum atomic E-state index is -1.02. The molecule has 0 aliphatic rings. The average Bonchev–Trinajstić information content (AvgIpc) is 2.41. The number of carbonyl (C=O) groups is 1. The van der Waals surface area contributed by atoms with E-state index in [4.69, 9.17) is 17.3 Å². The third-order valence-electron chi connectivity index (χ3n) is 3.42. The minimum Gasteiger partial charge on any atom is -0.368 e. The average molecular weight is 289 g/mol. The number of carbonyl (C=O) groups excluding carboxylic acids is 1. The van der Waals surface area contributed by atoms with E-state index in [2.05, 4.69) is 5.32 Å². The quantitative estimate of drug-likeness (QED) is 0.905. The molecule has 0 heterocycles. The van der Waals surface area contributed by atoms with Crippen molar-refractivity contribution in [3.05, 3.63) is 64.7 Å². The molecule has 0 aliphatic heterocycles. The van der Waals surface area contributed by atoms with Crippen molar-refractivity contribution in [3.63, 3.8) is 0 Å². The summed E-state index contributed by atoms with van der Waals surface area (Å²) < 4.78 is 0. The number of rotatable bonds is 4. The number of nitrogens with one attached hydrogen (secondary N) is 1. The fourth-order valence-corrected chi connectivity index (χ4v) is 2.25. The molecule has 20 heavy (non-hydrogen) atoms. The highest BCUT2D eigenvalue weighted by Crippen LogP contribution is 2.29. The van der Waals surface area contributed by atoms with Crippen molar-refractivity contribution in [2.75, 3.05) is 5.32 Å². The number of hydrogen-bond acceptors (Lipinski definition) is 2. The zero-order valence-corrected chi connectivity index (χ0v) is 12.2. The highest BCUT2D eigenvalue weighted by atomic mass is 35.5. The molecule has 4 heteroatoms. The van der Waals surface area contributed by atoms with Crippen LogP contribution >= 0.6 is 11.6 Å². The molecule has 3 N–H and O–H groups in total. The molecule has 1 atom stereocenters. The number of amides is 1. The second-order valence-corrected chi connectivity index (χ2v) is 5.38. The Balaban J connectivity index is 2.46. The van der Waals surface area contributed by atoms with Gasteiger partial charge in [-0.1, -0.05) is 41.9 Å². The van der Waals surface area contributed by atoms with Gasteiger partial charge in [-0.05, 0) is 43.2 Å². The highest BCUT2D eigenvalue weighted by molar-refractivity contribution is 6.30. The maximum atomic E-state index is 12.0. The Kier molecular flexibility index (Phi) is 4.00. The van der Waals surface area contributed by atoms with Crippen molar-refractivity contribution in [3.8, 4) is 0 Å². The summed E-state index contributed by atoms with van der Waals surface area (Å²) in [7, 11) is 0. The Morgan fingerprint density at radius 1 is 1.20 bits per heavy atom. The van der Waals surface area contributed by atoms with E-state index in [1.54, 1.807) is 25.1 Å². The molecule has 0 saturated heterocycles. The molecule has 0 fully saturated rings. The van der Waals surface area contributed by atoms with Crippen LogP contribution in [0.3, 0.4) is 0 Å². The number of hydrogen-bond donors (Lipinski definition) is 2. The van der Waals surface area contributed by atoms with Gasteiger partial charge in [0.1, 0.15) is 5.54 Å². The van der Waals surface area contributed by atoms with Crippen LogP contribution in [0.25, 0.3) is 0 Å². The lowest BCUT2D eigenvalue weighted by Gasteiger charge is -2.30. The number of para-hydroxylation sites is 1. The van der Waals surface area contributed by atoms with Crippen molar-refractivity contribution in [1.29, 1.82) is 0 Å². The van der Waals surface area contributed by atoms with Crippen LogP contribution in [0, 0.1) is 6.92 Å². The van der Waals surface area contributed by atoms with Crippen molar-refractivity contribution < 1.29 is 4.79 Å². The summed E-state index contributed by atoms with van der Waals surface area (Å²) in [5.74, 6) is -0.456. The van der Waals surface area contributed by atoms with Gasteiger partial charge in [0.25, 0.3) is 0 Å². The molecule has 0 saturated carbocycles. The first-order valence-corrected chi connectivity index (χ1v) is 6.71. The van der Waals surface area contributed by atoms with Crippen LogP contribution in [0.5, 0.6) is 0 Å². The van der Waals surface area contributed by atoms with Gasteiger partial charge in [0.05, 0.1) is 0 Å². The van der Waals surface area contributed by atoms with Gasteiger partial charge in [0.2, 0.25) is 5.91 Å². The number of halogens is 1. The molecule has 2 aromatic carbocycles. The second-order valence-electron chi connectivity index (χ2n) is 4.94. The van der Waals surface area contributed by atoms with Gasteiger partial charge < -0.3 is 11.1 Å². The molecular weight excluding hydrogens is 272 g/mol. The lowest BCUT2D eigenvalue weighted by molar-refractivity contribution is -0.122. The van der Waals surface area contributed by atoms with Crippen molar-refractivity contribution in [2.45, 2.75) is 19.4 Å². The molecule has 0 bridgehead atoms. The summed E-state index contributed by atoms with van der Waals surface area (Å²) in [5.41, 5.74) is 7.24. The normalized spacial score (nSPS) is 13.6. The lowest BCUT2D eigenvalue weighted by Crippen LogP contribution is -2.45. The Morgan fingerprint density at radius 3 is 2.50 bits per heavy atom. The number of aryl methyl sites for hydroxylation is 1. The van der Waals surface area contributed by atoms with Crippen molar-refractivity contribution in [1.82, 2.24) is 0 Å². The molecule has 1 unspecified atom stereocenters. The molecule has 0 radical (unpaired) electrons. The van der Waals surface area contributed by atoms with Gasteiger partial charge in [-0.2, -0.15) is 0 Å². The molecule has 0 spiro atoms. The molecule has 3 nitrogen and oxygen atoms in total. The van der Waals surface area contributed by atoms with Gasteiger partial charge in [-0.25, -0.2) is 0 Å². The van der Waals surface area contributed by atoms with Crippen LogP contribution in [0.1, 0.15) is 18.1 Å². The maximum Gasteiger partial charge on any atom is 0.247 e. The molecule has 2 aromatic rings. The fourth-order valence-electron chi connectivity index (χ4n) is 2.06. The maximum absolute atomic E-state index is 12.0. The largest absolute Gasteiger partial charge is 0.368 e. The van der Waals surface area contributed by atoms with Gasteiger partial charge in [0, 0.05) is 10.7 Å². The summed E-state index contributed by atoms with van der Waals surface area (Å²) in [6.45, 7) is 3.73. The lowest BCUT2D eigenvalue weighted by atomic mass is 9.90. The Morgan fingerprint density at radius 2 is 1.90 bits per heavy atom. The van der Waals surface area contributed by atoms with E-state index in [9.17, 15) is 4.79 Å². The third-order valence-corrected chi connectivity index (χ3v) is 3.66. The molecule has 0 aromatic heterocycles.